The highest BCUT2D eigenvalue weighted by molar-refractivity contribution is 5.85. The Morgan fingerprint density at radius 1 is 1.08 bits per heavy atom. The molecule has 0 atom stereocenters. The van der Waals surface area contributed by atoms with Gasteiger partial charge >= 0.3 is 0 Å². The van der Waals surface area contributed by atoms with Gasteiger partial charge < -0.3 is 15.5 Å². The number of likely N-dealkylation sites (N-methyl/N-ethyl adjacent to an activating group) is 1. The molecule has 2 aliphatic rings. The summed E-state index contributed by atoms with van der Waals surface area (Å²) in [6, 6.07) is 0.897. The third-order valence-corrected chi connectivity index (χ3v) is 5.24. The van der Waals surface area contributed by atoms with Crippen molar-refractivity contribution >= 4 is 11.9 Å². The average molecular weight is 364 g/mol. The number of rotatable bonds is 6. The van der Waals surface area contributed by atoms with Crippen LogP contribution in [0.4, 0.5) is 0 Å². The minimum atomic E-state index is 0.0334. The highest BCUT2D eigenvalue weighted by Crippen LogP contribution is 2.17. The maximum absolute atomic E-state index is 11.9. The molecule has 1 aliphatic carbocycles. The Bertz CT molecular complexity index is 488. The number of nitrogens with zero attached hydrogens (tertiary/aromatic N) is 3. The highest BCUT2D eigenvalue weighted by Gasteiger charge is 2.22. The van der Waals surface area contributed by atoms with Crippen LogP contribution in [0, 0.1) is 0 Å². The molecule has 1 amide bonds. The molecule has 0 aromatic carbocycles. The molecule has 148 valence electrons. The molecule has 2 N–H and O–H groups in total. The van der Waals surface area contributed by atoms with Crippen LogP contribution in [0.25, 0.3) is 0 Å². The summed E-state index contributed by atoms with van der Waals surface area (Å²) in [4.78, 5) is 20.6. The van der Waals surface area contributed by atoms with E-state index in [1.807, 2.05) is 0 Å². The van der Waals surface area contributed by atoms with Gasteiger partial charge in [-0.05, 0) is 32.6 Å². The zero-order valence-corrected chi connectivity index (χ0v) is 16.9. The van der Waals surface area contributed by atoms with Crippen LogP contribution in [-0.4, -0.2) is 74.0 Å². The first-order valence-electron chi connectivity index (χ1n) is 10.1. The molecule has 1 heterocycles. The first-order chi connectivity index (χ1) is 12.4. The van der Waals surface area contributed by atoms with Crippen molar-refractivity contribution in [3.05, 3.63) is 12.2 Å². The number of hydrogen-bond donors (Lipinski definition) is 2. The number of likely N-dealkylation sites (tertiary alicyclic amines) is 1. The number of amides is 1. The van der Waals surface area contributed by atoms with E-state index in [4.69, 9.17) is 0 Å². The molecule has 1 aliphatic heterocycles. The first-order valence-corrected chi connectivity index (χ1v) is 10.1. The van der Waals surface area contributed by atoms with Gasteiger partial charge in [0.05, 0.1) is 0 Å². The van der Waals surface area contributed by atoms with E-state index < -0.39 is 0 Å². The van der Waals surface area contributed by atoms with Crippen LogP contribution in [0.1, 0.15) is 51.9 Å². The Labute approximate surface area is 159 Å². The van der Waals surface area contributed by atoms with Crippen molar-refractivity contribution in [2.45, 2.75) is 64.0 Å². The monoisotopic (exact) mass is 363 g/mol. The van der Waals surface area contributed by atoms with E-state index in [2.05, 4.69) is 34.0 Å². The van der Waals surface area contributed by atoms with Gasteiger partial charge in [-0.1, -0.05) is 31.4 Å². The zero-order valence-electron chi connectivity index (χ0n) is 16.9. The summed E-state index contributed by atoms with van der Waals surface area (Å²) in [7, 11) is 3.55. The molecular weight excluding hydrogens is 326 g/mol. The van der Waals surface area contributed by atoms with Gasteiger partial charge in [0.15, 0.2) is 5.96 Å². The average Bonchev–Trinajstić information content (AvgIpc) is 2.61. The van der Waals surface area contributed by atoms with E-state index in [0.29, 0.717) is 12.1 Å². The third-order valence-electron chi connectivity index (χ3n) is 5.24. The van der Waals surface area contributed by atoms with Crippen molar-refractivity contribution in [3.8, 4) is 0 Å². The predicted molar refractivity (Wildman–Crippen MR) is 108 cm³/mol. The van der Waals surface area contributed by atoms with Crippen LogP contribution in [0.5, 0.6) is 0 Å². The quantitative estimate of drug-likeness (QED) is 0.430. The van der Waals surface area contributed by atoms with Gasteiger partial charge in [-0.15, -0.1) is 0 Å². The van der Waals surface area contributed by atoms with Crippen LogP contribution in [0.2, 0.25) is 0 Å². The van der Waals surface area contributed by atoms with Crippen molar-refractivity contribution in [2.24, 2.45) is 4.99 Å². The van der Waals surface area contributed by atoms with E-state index in [-0.39, 0.29) is 12.5 Å². The van der Waals surface area contributed by atoms with Crippen molar-refractivity contribution < 1.29 is 4.79 Å². The second-order valence-electron chi connectivity index (χ2n) is 8.08. The van der Waals surface area contributed by atoms with Crippen LogP contribution >= 0.6 is 0 Å². The summed E-state index contributed by atoms with van der Waals surface area (Å²) in [5, 5.41) is 7.17. The summed E-state index contributed by atoms with van der Waals surface area (Å²) in [6.07, 6.45) is 8.47. The topological polar surface area (TPSA) is 60.0 Å². The fourth-order valence-electron chi connectivity index (χ4n) is 3.67. The lowest BCUT2D eigenvalue weighted by Gasteiger charge is -2.34. The molecule has 0 spiro atoms. The van der Waals surface area contributed by atoms with E-state index in [1.165, 1.54) is 37.7 Å². The van der Waals surface area contributed by atoms with E-state index >= 15 is 0 Å². The third kappa shape index (κ3) is 7.36. The predicted octanol–water partition coefficient (Wildman–Crippen LogP) is 1.98. The van der Waals surface area contributed by atoms with Gasteiger partial charge in [0, 0.05) is 45.8 Å². The zero-order chi connectivity index (χ0) is 18.9. The molecule has 0 aromatic heterocycles. The standard InChI is InChI=1S/C20H37N5O/c1-16(2)15-25-12-10-18(11-13-25)23-20(21-14-19(26)24(3)4)22-17-8-6-5-7-9-17/h17-18H,1,5-15H2,2-4H3,(H2,21,22,23). The maximum atomic E-state index is 11.9. The van der Waals surface area contributed by atoms with Gasteiger partial charge in [-0.3, -0.25) is 9.69 Å². The molecule has 6 heteroatoms. The Morgan fingerprint density at radius 2 is 1.65 bits per heavy atom. The normalized spacial score (nSPS) is 20.7. The minimum absolute atomic E-state index is 0.0334. The molecule has 0 unspecified atom stereocenters. The molecule has 6 nitrogen and oxygen atoms in total. The lowest BCUT2D eigenvalue weighted by Crippen LogP contribution is -2.51. The molecule has 26 heavy (non-hydrogen) atoms. The Kier molecular flexibility index (Phi) is 8.42. The number of carbonyl (C=O) groups excluding carboxylic acids is 1. The minimum Gasteiger partial charge on any atom is -0.354 e. The number of nitrogens with one attached hydrogen (secondary N) is 2. The summed E-state index contributed by atoms with van der Waals surface area (Å²) in [5.74, 6) is 0.844. The molecule has 0 aromatic rings. The fourth-order valence-corrected chi connectivity index (χ4v) is 3.67. The van der Waals surface area contributed by atoms with Gasteiger partial charge in [-0.2, -0.15) is 0 Å². The van der Waals surface area contributed by atoms with E-state index in [0.717, 1.165) is 38.4 Å². The van der Waals surface area contributed by atoms with Crippen molar-refractivity contribution in [2.75, 3.05) is 40.3 Å². The van der Waals surface area contributed by atoms with E-state index in [9.17, 15) is 4.79 Å². The Hall–Kier alpha value is -1.56. The number of aliphatic imine (C=N–C) groups is 1. The van der Waals surface area contributed by atoms with Crippen LogP contribution in [0.3, 0.4) is 0 Å². The van der Waals surface area contributed by atoms with Gasteiger partial charge in [0.2, 0.25) is 5.91 Å². The molecule has 1 saturated carbocycles. The lowest BCUT2D eigenvalue weighted by molar-refractivity contribution is -0.127. The summed E-state index contributed by atoms with van der Waals surface area (Å²) >= 11 is 0. The van der Waals surface area contributed by atoms with Gasteiger partial charge in [0.25, 0.3) is 0 Å². The number of guanidine groups is 1. The van der Waals surface area contributed by atoms with Gasteiger partial charge in [-0.25, -0.2) is 4.99 Å². The largest absolute Gasteiger partial charge is 0.354 e. The summed E-state index contributed by atoms with van der Waals surface area (Å²) in [5.41, 5.74) is 1.22. The second kappa shape index (κ2) is 10.6. The smallest absolute Gasteiger partial charge is 0.243 e. The number of hydrogen-bond acceptors (Lipinski definition) is 3. The van der Waals surface area contributed by atoms with Crippen LogP contribution < -0.4 is 10.6 Å². The highest BCUT2D eigenvalue weighted by atomic mass is 16.2. The molecule has 0 radical (unpaired) electrons. The second-order valence-corrected chi connectivity index (χ2v) is 8.08. The molecular formula is C20H37N5O. The Morgan fingerprint density at radius 3 is 2.19 bits per heavy atom. The molecule has 0 bridgehead atoms. The Balaban J connectivity index is 1.89. The van der Waals surface area contributed by atoms with Crippen LogP contribution in [0.15, 0.2) is 17.1 Å². The van der Waals surface area contributed by atoms with Crippen molar-refractivity contribution in [1.29, 1.82) is 0 Å². The molecule has 1 saturated heterocycles. The number of piperidine rings is 1. The van der Waals surface area contributed by atoms with E-state index in [1.54, 1.807) is 19.0 Å². The number of carbonyl (C=O) groups is 1. The SMILES string of the molecule is C=C(C)CN1CCC(NC(=NCC(=O)N(C)C)NC2CCCCC2)CC1. The van der Waals surface area contributed by atoms with Crippen molar-refractivity contribution in [3.63, 3.8) is 0 Å². The summed E-state index contributed by atoms with van der Waals surface area (Å²) < 4.78 is 0. The fraction of sp³-hybridized carbons (Fsp3) is 0.800. The van der Waals surface area contributed by atoms with Crippen LogP contribution in [-0.2, 0) is 4.79 Å². The summed E-state index contributed by atoms with van der Waals surface area (Å²) in [6.45, 7) is 9.45. The van der Waals surface area contributed by atoms with Gasteiger partial charge in [0.1, 0.15) is 6.54 Å². The lowest BCUT2D eigenvalue weighted by atomic mass is 9.95. The van der Waals surface area contributed by atoms with Crippen molar-refractivity contribution in [1.82, 2.24) is 20.4 Å². The first kappa shape index (κ1) is 20.7. The molecule has 2 fully saturated rings. The molecule has 2 rings (SSSR count). The maximum Gasteiger partial charge on any atom is 0.243 e.